The number of nitro benzene ring substituents is 1. The molecule has 8 heteroatoms. The first-order valence-electron chi connectivity index (χ1n) is 7.59. The molecule has 0 aliphatic heterocycles. The van der Waals surface area contributed by atoms with Crippen molar-refractivity contribution in [3.05, 3.63) is 69.5 Å². The van der Waals surface area contributed by atoms with E-state index >= 15 is 0 Å². The van der Waals surface area contributed by atoms with E-state index in [1.165, 1.54) is 6.07 Å². The van der Waals surface area contributed by atoms with Crippen LogP contribution in [0.4, 0.5) is 5.69 Å². The van der Waals surface area contributed by atoms with Crippen LogP contribution in [0.5, 0.6) is 0 Å². The number of nitrogens with zero attached hydrogens (tertiary/aromatic N) is 2. The fourth-order valence-electron chi connectivity index (χ4n) is 2.20. The highest BCUT2D eigenvalue weighted by atomic mass is 16.6. The molecule has 2 rings (SSSR count). The van der Waals surface area contributed by atoms with Crippen LogP contribution in [0.2, 0.25) is 0 Å². The van der Waals surface area contributed by atoms with Crippen molar-refractivity contribution >= 4 is 17.6 Å². The van der Waals surface area contributed by atoms with Gasteiger partial charge < -0.3 is 10.1 Å². The number of ether oxygens (including phenoxy) is 1. The predicted molar refractivity (Wildman–Crippen MR) is 89.2 cm³/mol. The zero-order valence-corrected chi connectivity index (χ0v) is 13.8. The summed E-state index contributed by atoms with van der Waals surface area (Å²) < 4.78 is 4.85. The third-order valence-corrected chi connectivity index (χ3v) is 3.46. The zero-order valence-electron chi connectivity index (χ0n) is 13.8. The summed E-state index contributed by atoms with van der Waals surface area (Å²) in [7, 11) is 0. The average molecular weight is 343 g/mol. The summed E-state index contributed by atoms with van der Waals surface area (Å²) >= 11 is 0. The van der Waals surface area contributed by atoms with Gasteiger partial charge in [-0.1, -0.05) is 0 Å². The summed E-state index contributed by atoms with van der Waals surface area (Å²) in [4.78, 5) is 38.6. The van der Waals surface area contributed by atoms with Gasteiger partial charge in [0.05, 0.1) is 23.1 Å². The molecule has 0 aliphatic rings. The Bertz CT molecular complexity index is 792. The molecule has 1 aromatic carbocycles. The van der Waals surface area contributed by atoms with E-state index in [2.05, 4.69) is 10.3 Å². The molecule has 0 saturated carbocycles. The van der Waals surface area contributed by atoms with E-state index in [9.17, 15) is 19.7 Å². The lowest BCUT2D eigenvalue weighted by atomic mass is 10.1. The molecular weight excluding hydrogens is 326 g/mol. The lowest BCUT2D eigenvalue weighted by Gasteiger charge is -2.14. The molecule has 0 radical (unpaired) electrons. The molecule has 1 amide bonds. The number of rotatable bonds is 6. The van der Waals surface area contributed by atoms with Crippen molar-refractivity contribution in [3.63, 3.8) is 0 Å². The Morgan fingerprint density at radius 2 is 1.88 bits per heavy atom. The largest absolute Gasteiger partial charge is 0.462 e. The third-order valence-electron chi connectivity index (χ3n) is 3.46. The first-order valence-corrected chi connectivity index (χ1v) is 7.59. The monoisotopic (exact) mass is 343 g/mol. The molecule has 130 valence electrons. The second-order valence-corrected chi connectivity index (χ2v) is 5.22. The van der Waals surface area contributed by atoms with E-state index in [1.54, 1.807) is 38.4 Å². The Hall–Kier alpha value is -3.29. The second-order valence-electron chi connectivity index (χ2n) is 5.22. The van der Waals surface area contributed by atoms with Gasteiger partial charge in [0, 0.05) is 30.1 Å². The minimum atomic E-state index is -0.720. The van der Waals surface area contributed by atoms with Crippen LogP contribution < -0.4 is 5.32 Å². The fourth-order valence-corrected chi connectivity index (χ4v) is 2.20. The second kappa shape index (κ2) is 8.00. The van der Waals surface area contributed by atoms with E-state index in [4.69, 9.17) is 4.74 Å². The lowest BCUT2D eigenvalue weighted by molar-refractivity contribution is -0.384. The van der Waals surface area contributed by atoms with Crippen molar-refractivity contribution in [2.75, 3.05) is 6.61 Å². The van der Waals surface area contributed by atoms with Gasteiger partial charge in [0.1, 0.15) is 0 Å². The average Bonchev–Trinajstić information content (AvgIpc) is 2.62. The van der Waals surface area contributed by atoms with Gasteiger partial charge in [-0.05, 0) is 37.6 Å². The molecule has 0 saturated heterocycles. The molecule has 0 fully saturated rings. The first kappa shape index (κ1) is 18.1. The van der Waals surface area contributed by atoms with Crippen LogP contribution >= 0.6 is 0 Å². The van der Waals surface area contributed by atoms with Crippen LogP contribution in [-0.2, 0) is 4.74 Å². The molecule has 1 heterocycles. The van der Waals surface area contributed by atoms with E-state index in [0.29, 0.717) is 0 Å². The summed E-state index contributed by atoms with van der Waals surface area (Å²) in [5, 5.41) is 13.8. The normalized spacial score (nSPS) is 11.4. The summed E-state index contributed by atoms with van der Waals surface area (Å²) in [5.41, 5.74) is 0.447. The SMILES string of the molecule is CCOC(=O)c1cc(C(=O)NC(C)c2ccncc2)cc([N+](=O)[O-])c1. The minimum absolute atomic E-state index is 0.0122. The number of amides is 1. The maximum atomic E-state index is 12.4. The van der Waals surface area contributed by atoms with Crippen molar-refractivity contribution < 1.29 is 19.2 Å². The molecule has 2 aromatic rings. The fraction of sp³-hybridized carbons (Fsp3) is 0.235. The Labute approximate surface area is 144 Å². The number of benzene rings is 1. The summed E-state index contributed by atoms with van der Waals surface area (Å²) in [5.74, 6) is -1.25. The Kier molecular flexibility index (Phi) is 5.78. The molecule has 25 heavy (non-hydrogen) atoms. The van der Waals surface area contributed by atoms with Crippen LogP contribution in [-0.4, -0.2) is 28.4 Å². The van der Waals surface area contributed by atoms with Crippen LogP contribution in [0.25, 0.3) is 0 Å². The van der Waals surface area contributed by atoms with Crippen molar-refractivity contribution in [1.82, 2.24) is 10.3 Å². The van der Waals surface area contributed by atoms with Crippen molar-refractivity contribution in [2.24, 2.45) is 0 Å². The van der Waals surface area contributed by atoms with Gasteiger partial charge in [0.15, 0.2) is 0 Å². The molecule has 1 N–H and O–H groups in total. The number of esters is 1. The first-order chi connectivity index (χ1) is 11.9. The van der Waals surface area contributed by atoms with E-state index in [1.807, 2.05) is 0 Å². The number of carbonyl (C=O) groups excluding carboxylic acids is 2. The van der Waals surface area contributed by atoms with Crippen molar-refractivity contribution in [3.8, 4) is 0 Å². The van der Waals surface area contributed by atoms with Crippen LogP contribution in [0.3, 0.4) is 0 Å². The molecule has 0 bridgehead atoms. The number of non-ortho nitro benzene ring substituents is 1. The highest BCUT2D eigenvalue weighted by molar-refractivity contribution is 5.99. The van der Waals surface area contributed by atoms with Gasteiger partial charge in [0.2, 0.25) is 0 Å². The number of aromatic nitrogens is 1. The number of nitro groups is 1. The number of carbonyl (C=O) groups is 2. The van der Waals surface area contributed by atoms with Gasteiger partial charge in [-0.3, -0.25) is 19.9 Å². The van der Waals surface area contributed by atoms with Gasteiger partial charge in [-0.25, -0.2) is 4.79 Å². The number of hydrogen-bond donors (Lipinski definition) is 1. The maximum Gasteiger partial charge on any atom is 0.338 e. The molecule has 0 aliphatic carbocycles. The zero-order chi connectivity index (χ0) is 18.4. The Morgan fingerprint density at radius 1 is 1.24 bits per heavy atom. The molecule has 1 atom stereocenters. The van der Waals surface area contributed by atoms with Crippen molar-refractivity contribution in [1.29, 1.82) is 0 Å². The smallest absolute Gasteiger partial charge is 0.338 e. The summed E-state index contributed by atoms with van der Waals surface area (Å²) in [6.07, 6.45) is 3.20. The number of hydrogen-bond acceptors (Lipinski definition) is 6. The topological polar surface area (TPSA) is 111 Å². The highest BCUT2D eigenvalue weighted by Gasteiger charge is 2.20. The highest BCUT2D eigenvalue weighted by Crippen LogP contribution is 2.19. The molecule has 0 spiro atoms. The standard InChI is InChI=1S/C17H17N3O5/c1-3-25-17(22)14-8-13(9-15(10-14)20(23)24)16(21)19-11(2)12-4-6-18-7-5-12/h4-11H,3H2,1-2H3,(H,19,21). The van der Waals surface area contributed by atoms with E-state index < -0.39 is 16.8 Å². The van der Waals surface area contributed by atoms with Crippen molar-refractivity contribution in [2.45, 2.75) is 19.9 Å². The van der Waals surface area contributed by atoms with E-state index in [0.717, 1.165) is 17.7 Å². The van der Waals surface area contributed by atoms with Gasteiger partial charge in [-0.2, -0.15) is 0 Å². The van der Waals surface area contributed by atoms with Gasteiger partial charge in [-0.15, -0.1) is 0 Å². The van der Waals surface area contributed by atoms with Crippen LogP contribution in [0, 0.1) is 10.1 Å². The number of pyridine rings is 1. The summed E-state index contributed by atoms with van der Waals surface area (Å²) in [6, 6.07) is 6.66. The molecule has 1 aromatic heterocycles. The lowest BCUT2D eigenvalue weighted by Crippen LogP contribution is -2.27. The Balaban J connectivity index is 2.28. The van der Waals surface area contributed by atoms with E-state index in [-0.39, 0.29) is 29.5 Å². The summed E-state index contributed by atoms with van der Waals surface area (Å²) in [6.45, 7) is 3.53. The number of nitrogens with one attached hydrogen (secondary N) is 1. The predicted octanol–water partition coefficient (Wildman–Crippen LogP) is 2.66. The molecule has 1 unspecified atom stereocenters. The minimum Gasteiger partial charge on any atom is -0.462 e. The molecule has 8 nitrogen and oxygen atoms in total. The maximum absolute atomic E-state index is 12.4. The van der Waals surface area contributed by atoms with Gasteiger partial charge in [0.25, 0.3) is 11.6 Å². The van der Waals surface area contributed by atoms with Crippen LogP contribution in [0.1, 0.15) is 46.2 Å². The molecular formula is C17H17N3O5. The third kappa shape index (κ3) is 4.60. The Morgan fingerprint density at radius 3 is 2.48 bits per heavy atom. The van der Waals surface area contributed by atoms with Crippen LogP contribution in [0.15, 0.2) is 42.7 Å². The quantitative estimate of drug-likeness (QED) is 0.490. The van der Waals surface area contributed by atoms with Gasteiger partial charge >= 0.3 is 5.97 Å².